The number of likely N-dealkylation sites (tertiary alicyclic amines) is 2. The normalized spacial score (nSPS) is 25.9. The van der Waals surface area contributed by atoms with Crippen LogP contribution in [0.5, 0.6) is 0 Å². The molecule has 0 N–H and O–H groups in total. The summed E-state index contributed by atoms with van der Waals surface area (Å²) < 4.78 is 14.3. The summed E-state index contributed by atoms with van der Waals surface area (Å²) in [7, 11) is 1.68. The Morgan fingerprint density at radius 3 is 2.50 bits per heavy atom. The first-order chi connectivity index (χ1) is 11.5. The summed E-state index contributed by atoms with van der Waals surface area (Å²) >= 11 is 0. The highest BCUT2D eigenvalue weighted by atomic mass is 19.1. The standard InChI is InChI=1S/C19H25FN2O2/c1-13-9-11-22(12-10-13)19(24)15-7-8-17(23)21(2)18(15)14-5-3-4-6-16(14)20/h3-6,13,15,18H,7-12H2,1-2H3/t15-,18+/m0/s1. The monoisotopic (exact) mass is 332 g/mol. The lowest BCUT2D eigenvalue weighted by molar-refractivity contribution is -0.147. The molecule has 4 nitrogen and oxygen atoms in total. The Bertz CT molecular complexity index is 626. The van der Waals surface area contributed by atoms with Crippen molar-refractivity contribution in [3.8, 4) is 0 Å². The van der Waals surface area contributed by atoms with Gasteiger partial charge in [0.2, 0.25) is 11.8 Å². The van der Waals surface area contributed by atoms with Crippen LogP contribution in [-0.4, -0.2) is 41.8 Å². The van der Waals surface area contributed by atoms with Gasteiger partial charge in [0.25, 0.3) is 0 Å². The highest BCUT2D eigenvalue weighted by Gasteiger charge is 2.41. The summed E-state index contributed by atoms with van der Waals surface area (Å²) in [5.74, 6) is -0.0341. The van der Waals surface area contributed by atoms with Gasteiger partial charge >= 0.3 is 0 Å². The van der Waals surface area contributed by atoms with Crippen LogP contribution in [0.4, 0.5) is 4.39 Å². The number of rotatable bonds is 2. The van der Waals surface area contributed by atoms with Gasteiger partial charge in [-0.15, -0.1) is 0 Å². The molecule has 1 aromatic carbocycles. The van der Waals surface area contributed by atoms with Crippen LogP contribution in [0.3, 0.4) is 0 Å². The molecular weight excluding hydrogens is 307 g/mol. The molecule has 130 valence electrons. The maximum atomic E-state index is 14.3. The summed E-state index contributed by atoms with van der Waals surface area (Å²) in [4.78, 5) is 28.7. The Kier molecular flexibility index (Phi) is 4.88. The highest BCUT2D eigenvalue weighted by molar-refractivity contribution is 5.85. The summed E-state index contributed by atoms with van der Waals surface area (Å²) in [5.41, 5.74) is 0.441. The number of nitrogens with zero attached hydrogens (tertiary/aromatic N) is 2. The van der Waals surface area contributed by atoms with Crippen molar-refractivity contribution in [3.63, 3.8) is 0 Å². The molecule has 2 aliphatic rings. The zero-order valence-corrected chi connectivity index (χ0v) is 14.4. The number of carbonyl (C=O) groups is 2. The predicted octanol–water partition coefficient (Wildman–Crippen LogP) is 2.99. The van der Waals surface area contributed by atoms with Crippen molar-refractivity contribution in [1.82, 2.24) is 9.80 Å². The number of amides is 2. The smallest absolute Gasteiger partial charge is 0.228 e. The average Bonchev–Trinajstić information content (AvgIpc) is 2.58. The molecule has 2 atom stereocenters. The third-order valence-corrected chi connectivity index (χ3v) is 5.50. The zero-order chi connectivity index (χ0) is 17.3. The van der Waals surface area contributed by atoms with Crippen LogP contribution in [0.1, 0.15) is 44.2 Å². The Balaban J connectivity index is 1.88. The molecule has 0 unspecified atom stereocenters. The van der Waals surface area contributed by atoms with Crippen molar-refractivity contribution in [2.75, 3.05) is 20.1 Å². The second-order valence-corrected chi connectivity index (χ2v) is 7.12. The highest BCUT2D eigenvalue weighted by Crippen LogP contribution is 2.38. The maximum Gasteiger partial charge on any atom is 0.228 e. The first-order valence-electron chi connectivity index (χ1n) is 8.78. The molecule has 0 saturated carbocycles. The van der Waals surface area contributed by atoms with Crippen molar-refractivity contribution >= 4 is 11.8 Å². The molecule has 2 fully saturated rings. The van der Waals surface area contributed by atoms with Crippen LogP contribution in [0.2, 0.25) is 0 Å². The van der Waals surface area contributed by atoms with Crippen LogP contribution >= 0.6 is 0 Å². The molecule has 24 heavy (non-hydrogen) atoms. The first kappa shape index (κ1) is 16.9. The molecule has 2 saturated heterocycles. The molecule has 2 aliphatic heterocycles. The molecule has 2 heterocycles. The molecule has 0 aromatic heterocycles. The number of halogens is 1. The van der Waals surface area contributed by atoms with Crippen LogP contribution in [0.15, 0.2) is 24.3 Å². The summed E-state index contributed by atoms with van der Waals surface area (Å²) in [5, 5.41) is 0. The maximum absolute atomic E-state index is 14.3. The van der Waals surface area contributed by atoms with E-state index in [4.69, 9.17) is 0 Å². The lowest BCUT2D eigenvalue weighted by atomic mass is 9.83. The fraction of sp³-hybridized carbons (Fsp3) is 0.579. The van der Waals surface area contributed by atoms with Gasteiger partial charge in [0, 0.05) is 32.1 Å². The van der Waals surface area contributed by atoms with Gasteiger partial charge in [-0.1, -0.05) is 25.1 Å². The Labute approximate surface area is 142 Å². The molecule has 2 amide bonds. The van der Waals surface area contributed by atoms with Crippen molar-refractivity contribution in [2.24, 2.45) is 11.8 Å². The summed E-state index contributed by atoms with van der Waals surface area (Å²) in [6.07, 6.45) is 2.87. The average molecular weight is 332 g/mol. The Hall–Kier alpha value is -1.91. The number of piperidine rings is 2. The second kappa shape index (κ2) is 6.91. The van der Waals surface area contributed by atoms with Gasteiger partial charge in [-0.2, -0.15) is 0 Å². The van der Waals surface area contributed by atoms with Gasteiger partial charge in [-0.05, 0) is 31.2 Å². The molecule has 3 rings (SSSR count). The third-order valence-electron chi connectivity index (χ3n) is 5.50. The van der Waals surface area contributed by atoms with Gasteiger partial charge in [0.05, 0.1) is 12.0 Å². The van der Waals surface area contributed by atoms with E-state index in [1.54, 1.807) is 30.1 Å². The largest absolute Gasteiger partial charge is 0.342 e. The van der Waals surface area contributed by atoms with Gasteiger partial charge < -0.3 is 9.80 Å². The van der Waals surface area contributed by atoms with E-state index in [2.05, 4.69) is 6.92 Å². The molecule has 0 aliphatic carbocycles. The Morgan fingerprint density at radius 1 is 1.17 bits per heavy atom. The number of benzene rings is 1. The molecule has 5 heteroatoms. The summed E-state index contributed by atoms with van der Waals surface area (Å²) in [6, 6.07) is 5.96. The minimum Gasteiger partial charge on any atom is -0.342 e. The van der Waals surface area contributed by atoms with Crippen molar-refractivity contribution < 1.29 is 14.0 Å². The molecule has 1 aromatic rings. The van der Waals surface area contributed by atoms with Crippen LogP contribution < -0.4 is 0 Å². The van der Waals surface area contributed by atoms with Crippen LogP contribution in [0.25, 0.3) is 0 Å². The molecule has 0 radical (unpaired) electrons. The van der Waals surface area contributed by atoms with E-state index in [9.17, 15) is 14.0 Å². The minimum atomic E-state index is -0.515. The Morgan fingerprint density at radius 2 is 1.83 bits per heavy atom. The van der Waals surface area contributed by atoms with Gasteiger partial charge in [-0.25, -0.2) is 4.39 Å². The second-order valence-electron chi connectivity index (χ2n) is 7.12. The number of carbonyl (C=O) groups excluding carboxylic acids is 2. The van der Waals surface area contributed by atoms with E-state index < -0.39 is 6.04 Å². The first-order valence-corrected chi connectivity index (χ1v) is 8.78. The zero-order valence-electron chi connectivity index (χ0n) is 14.4. The van der Waals surface area contributed by atoms with Crippen molar-refractivity contribution in [2.45, 2.75) is 38.6 Å². The van der Waals surface area contributed by atoms with E-state index in [1.807, 2.05) is 4.90 Å². The number of hydrogen-bond acceptors (Lipinski definition) is 2. The minimum absolute atomic E-state index is 0.0282. The molecular formula is C19H25FN2O2. The van der Waals surface area contributed by atoms with Gasteiger partial charge in [0.15, 0.2) is 0 Å². The lowest BCUT2D eigenvalue weighted by Gasteiger charge is -2.41. The molecule has 0 spiro atoms. The van der Waals surface area contributed by atoms with Gasteiger partial charge in [0.1, 0.15) is 5.82 Å². The lowest BCUT2D eigenvalue weighted by Crippen LogP contribution is -2.49. The topological polar surface area (TPSA) is 40.6 Å². The summed E-state index contributed by atoms with van der Waals surface area (Å²) in [6.45, 7) is 3.73. The van der Waals surface area contributed by atoms with Crippen LogP contribution in [-0.2, 0) is 9.59 Å². The van der Waals surface area contributed by atoms with Crippen molar-refractivity contribution in [3.05, 3.63) is 35.6 Å². The van der Waals surface area contributed by atoms with E-state index >= 15 is 0 Å². The predicted molar refractivity (Wildman–Crippen MR) is 89.6 cm³/mol. The van der Waals surface area contributed by atoms with Crippen LogP contribution in [0, 0.1) is 17.7 Å². The van der Waals surface area contributed by atoms with E-state index in [1.165, 1.54) is 6.07 Å². The van der Waals surface area contributed by atoms with Gasteiger partial charge in [-0.3, -0.25) is 9.59 Å². The van der Waals surface area contributed by atoms with E-state index in [-0.39, 0.29) is 23.5 Å². The fourth-order valence-corrected chi connectivity index (χ4v) is 3.90. The van der Waals surface area contributed by atoms with E-state index in [0.29, 0.717) is 24.3 Å². The fourth-order valence-electron chi connectivity index (χ4n) is 3.90. The third kappa shape index (κ3) is 3.17. The van der Waals surface area contributed by atoms with E-state index in [0.717, 1.165) is 25.9 Å². The number of hydrogen-bond donors (Lipinski definition) is 0. The molecule has 0 bridgehead atoms. The SMILES string of the molecule is CC1CCN(C(=O)[C@H]2CCC(=O)N(C)[C@@H]2c2ccccc2F)CC1. The quantitative estimate of drug-likeness (QED) is 0.835. The van der Waals surface area contributed by atoms with Crippen molar-refractivity contribution in [1.29, 1.82) is 0 Å².